The molecule has 1 amide bonds. The molecule has 4 aliphatic rings. The first-order chi connectivity index (χ1) is 36.8. The highest BCUT2D eigenvalue weighted by molar-refractivity contribution is 6.74. The lowest BCUT2D eigenvalue weighted by Crippen LogP contribution is -2.44. The van der Waals surface area contributed by atoms with Gasteiger partial charge in [-0.2, -0.15) is 10.1 Å². The standard InChI is InChI=1S/C27H35N3O8Si.C20H32N2O4Si.C7H4ClNO4/c1-17-23-22(16-35-39(5,6)27(2,3)4)38-29(24(23)25(31)36-17)15-18-8-7-9-19(14-18)28-26(32)37-21-12-10-20(11-13-21)30(33)34;1-13-17-16(12-24-27(5,6)20(2,3)4)26-22(18(17)19(23)25-13)11-14-8-7-9-15(21)10-14;8-7(10)13-6-3-1-5(2-4-6)9(11)12/h7-14,17,22-24H,15-16H2,1-6H3,(H,28,32);7-10,13,16-18H,11-12,21H2,1-6H3;1-4H/t17-,22-,23+,24-;13-,16-,17+,18-;/m00./s1. The van der Waals surface area contributed by atoms with E-state index in [-0.39, 0.29) is 81.1 Å². The quantitative estimate of drug-likeness (QED) is 0.0279. The number of carbonyl (C=O) groups excluding carboxylic acids is 4. The van der Waals surface area contributed by atoms with Gasteiger partial charge in [-0.3, -0.25) is 44.8 Å². The molecule has 4 heterocycles. The topological polar surface area (TPSA) is 273 Å². The highest BCUT2D eigenvalue weighted by Crippen LogP contribution is 2.43. The first-order valence-electron chi connectivity index (χ1n) is 25.7. The zero-order valence-corrected chi connectivity index (χ0v) is 49.2. The van der Waals surface area contributed by atoms with Crippen LogP contribution >= 0.6 is 11.6 Å². The number of anilines is 2. The SMILES string of the molecule is C[C@@H]1OC(=O)[C@@H]2[C@H]1[C@H](CO[Si](C)(C)C(C)(C)C)ON2Cc1cccc(N)c1.C[C@@H]1OC(=O)[C@@H]2[C@H]1[C@H](CO[Si](C)(C)C(C)(C)C)ON2Cc1cccc(NC(=O)Oc2ccc([N+](=O)[O-])cc2)c1.O=C(Cl)Oc1ccc([N+](=O)[O-])cc1. The first kappa shape index (κ1) is 61.9. The Morgan fingerprint density at radius 1 is 0.658 bits per heavy atom. The molecule has 0 bridgehead atoms. The van der Waals surface area contributed by atoms with Crippen molar-refractivity contribution in [2.45, 2.75) is 141 Å². The predicted octanol–water partition coefficient (Wildman–Crippen LogP) is 10.9. The molecule has 4 aromatic carbocycles. The number of amides is 1. The summed E-state index contributed by atoms with van der Waals surface area (Å²) < 4.78 is 33.6. The molecule has 4 saturated heterocycles. The predicted molar refractivity (Wildman–Crippen MR) is 298 cm³/mol. The average molecular weight is 1150 g/mol. The highest BCUT2D eigenvalue weighted by Gasteiger charge is 2.58. The zero-order valence-electron chi connectivity index (χ0n) is 46.5. The molecule has 0 saturated carbocycles. The number of benzene rings is 4. The number of rotatable bonds is 15. The first-order valence-corrected chi connectivity index (χ1v) is 31.9. The fourth-order valence-electron chi connectivity index (χ4n) is 8.72. The van der Waals surface area contributed by atoms with Gasteiger partial charge in [-0.05, 0) is 110 Å². The Morgan fingerprint density at radius 3 is 1.46 bits per heavy atom. The fourth-order valence-corrected chi connectivity index (χ4v) is 10.8. The Hall–Kier alpha value is -6.36. The number of nitrogens with zero attached hydrogens (tertiary/aromatic N) is 4. The second-order valence-corrected chi connectivity index (χ2v) is 32.6. The van der Waals surface area contributed by atoms with Crippen LogP contribution in [0.5, 0.6) is 11.5 Å². The van der Waals surface area contributed by atoms with Gasteiger partial charge in [0.15, 0.2) is 16.6 Å². The lowest BCUT2D eigenvalue weighted by Gasteiger charge is -2.37. The van der Waals surface area contributed by atoms with E-state index in [0.717, 1.165) is 11.1 Å². The van der Waals surface area contributed by atoms with Crippen LogP contribution in [0, 0.1) is 32.1 Å². The number of hydrogen-bond donors (Lipinski definition) is 2. The van der Waals surface area contributed by atoms with E-state index in [9.17, 15) is 39.4 Å². The molecular formula is C54H71ClN6O16Si2. The molecule has 0 aliphatic carbocycles. The molecule has 79 heavy (non-hydrogen) atoms. The molecule has 3 N–H and O–H groups in total. The summed E-state index contributed by atoms with van der Waals surface area (Å²) in [6.45, 7) is 27.5. The smallest absolute Gasteiger partial charge is 0.417 e. The second kappa shape index (κ2) is 25.4. The van der Waals surface area contributed by atoms with Crippen molar-refractivity contribution in [1.29, 1.82) is 0 Å². The van der Waals surface area contributed by atoms with Crippen molar-refractivity contribution in [2.24, 2.45) is 11.8 Å². The van der Waals surface area contributed by atoms with Gasteiger partial charge in [-0.1, -0.05) is 65.8 Å². The molecule has 25 heteroatoms. The summed E-state index contributed by atoms with van der Waals surface area (Å²) in [5, 5.41) is 27.2. The molecule has 0 spiro atoms. The van der Waals surface area contributed by atoms with E-state index < -0.39 is 50.1 Å². The lowest BCUT2D eigenvalue weighted by molar-refractivity contribution is -0.385. The fraction of sp³-hybridized carbons (Fsp3) is 0.481. The van der Waals surface area contributed by atoms with Crippen molar-refractivity contribution < 1.29 is 66.5 Å². The maximum absolute atomic E-state index is 12.7. The van der Waals surface area contributed by atoms with Crippen molar-refractivity contribution in [3.8, 4) is 11.5 Å². The van der Waals surface area contributed by atoms with Gasteiger partial charge in [-0.15, -0.1) is 0 Å². The zero-order chi connectivity index (χ0) is 58.4. The summed E-state index contributed by atoms with van der Waals surface area (Å²) >= 11 is 4.92. The molecule has 428 valence electrons. The molecule has 4 fully saturated rings. The number of non-ortho nitro benzene ring substituents is 2. The third-order valence-corrected chi connectivity index (χ3v) is 24.1. The van der Waals surface area contributed by atoms with Crippen LogP contribution < -0.4 is 20.5 Å². The number of ether oxygens (including phenoxy) is 4. The van der Waals surface area contributed by atoms with Crippen molar-refractivity contribution in [3.05, 3.63) is 128 Å². The molecule has 4 aromatic rings. The maximum atomic E-state index is 12.7. The number of hydroxylamine groups is 4. The molecule has 8 atom stereocenters. The number of nitrogens with one attached hydrogen (secondary N) is 1. The van der Waals surface area contributed by atoms with Crippen LogP contribution in [-0.4, -0.2) is 110 Å². The Morgan fingerprint density at radius 2 is 1.06 bits per heavy atom. The second-order valence-electron chi connectivity index (χ2n) is 22.7. The third kappa shape index (κ3) is 15.9. The summed E-state index contributed by atoms with van der Waals surface area (Å²) in [6.07, 6.45) is -1.71. The number of halogens is 1. The van der Waals surface area contributed by atoms with E-state index >= 15 is 0 Å². The molecule has 4 aliphatic heterocycles. The van der Waals surface area contributed by atoms with Crippen molar-refractivity contribution in [3.63, 3.8) is 0 Å². The minimum atomic E-state index is -2.02. The maximum Gasteiger partial charge on any atom is 0.417 e. The van der Waals surface area contributed by atoms with Gasteiger partial charge in [0.05, 0.1) is 48.0 Å². The van der Waals surface area contributed by atoms with Gasteiger partial charge in [0, 0.05) is 47.2 Å². The molecule has 0 unspecified atom stereocenters. The van der Waals surface area contributed by atoms with E-state index in [1.54, 1.807) is 28.3 Å². The molecule has 8 rings (SSSR count). The summed E-state index contributed by atoms with van der Waals surface area (Å²) in [5.41, 5.74) is 7.72. The van der Waals surface area contributed by atoms with E-state index in [2.05, 4.69) is 77.8 Å². The summed E-state index contributed by atoms with van der Waals surface area (Å²) in [4.78, 5) is 80.2. The normalized spacial score (nSPS) is 22.9. The van der Waals surface area contributed by atoms with Gasteiger partial charge in [0.2, 0.25) is 0 Å². The van der Waals surface area contributed by atoms with Crippen LogP contribution in [-0.2, 0) is 50.7 Å². The van der Waals surface area contributed by atoms with Gasteiger partial charge in [0.1, 0.15) is 48.0 Å². The molecule has 22 nitrogen and oxygen atoms in total. The van der Waals surface area contributed by atoms with Crippen molar-refractivity contribution in [1.82, 2.24) is 10.1 Å². The van der Waals surface area contributed by atoms with E-state index in [0.29, 0.717) is 37.7 Å². The highest BCUT2D eigenvalue weighted by atomic mass is 35.5. The minimum absolute atomic E-state index is 0.0247. The number of hydrogen-bond acceptors (Lipinski definition) is 19. The summed E-state index contributed by atoms with van der Waals surface area (Å²) in [6, 6.07) is 24.0. The largest absolute Gasteiger partial charge is 0.461 e. The van der Waals surface area contributed by atoms with E-state index in [1.807, 2.05) is 44.2 Å². The average Bonchev–Trinajstić information content (AvgIpc) is 4.10. The Bertz CT molecular complexity index is 2830. The van der Waals surface area contributed by atoms with Crippen molar-refractivity contribution in [2.75, 3.05) is 24.3 Å². The van der Waals surface area contributed by atoms with E-state index in [4.69, 9.17) is 50.1 Å². The number of cyclic esters (lactones) is 2. The van der Waals surface area contributed by atoms with Gasteiger partial charge in [-0.25, -0.2) is 9.59 Å². The minimum Gasteiger partial charge on any atom is -0.461 e. The number of fused-ring (bicyclic) bond motifs is 2. The molecule has 0 radical (unpaired) electrons. The Labute approximate surface area is 466 Å². The van der Waals surface area contributed by atoms with Crippen LogP contribution in [0.1, 0.15) is 66.5 Å². The molecule has 0 aromatic heterocycles. The van der Waals surface area contributed by atoms with Crippen LogP contribution in [0.15, 0.2) is 97.1 Å². The van der Waals surface area contributed by atoms with Gasteiger partial charge in [0.25, 0.3) is 11.4 Å². The Kier molecular flexibility index (Phi) is 19.9. The number of nitro benzene ring substituents is 2. The van der Waals surface area contributed by atoms with Gasteiger partial charge < -0.3 is 33.5 Å². The number of nitrogens with two attached hydrogens (primary N) is 1. The van der Waals surface area contributed by atoms with Crippen LogP contribution in [0.25, 0.3) is 0 Å². The third-order valence-electron chi connectivity index (χ3n) is 15.1. The summed E-state index contributed by atoms with van der Waals surface area (Å²) in [5.74, 6) is -0.366. The van der Waals surface area contributed by atoms with E-state index in [1.165, 1.54) is 48.5 Å². The number of esters is 2. The number of nitro groups is 2. The Balaban J connectivity index is 0.000000217. The van der Waals surface area contributed by atoms with Crippen molar-refractivity contribution >= 4 is 74.4 Å². The number of nitrogen functional groups attached to an aromatic ring is 1. The van der Waals surface area contributed by atoms with Gasteiger partial charge >= 0.3 is 23.5 Å². The van der Waals surface area contributed by atoms with Crippen LogP contribution in [0.2, 0.25) is 36.3 Å². The van der Waals surface area contributed by atoms with Crippen LogP contribution in [0.3, 0.4) is 0 Å². The molecular weight excluding hydrogens is 1080 g/mol. The summed E-state index contributed by atoms with van der Waals surface area (Å²) in [7, 11) is -3.92. The monoisotopic (exact) mass is 1150 g/mol. The number of carbonyl (C=O) groups is 4. The lowest BCUT2D eigenvalue weighted by atomic mass is 9.93. The van der Waals surface area contributed by atoms with Crippen LogP contribution in [0.4, 0.5) is 32.3 Å².